The molecule has 3 nitrogen and oxygen atoms in total. The lowest BCUT2D eigenvalue weighted by molar-refractivity contribution is 0.246. The van der Waals surface area contributed by atoms with E-state index >= 15 is 0 Å². The lowest BCUT2D eigenvalue weighted by Crippen LogP contribution is -2.41. The maximum Gasteiger partial charge on any atom is 0.321 e. The predicted molar refractivity (Wildman–Crippen MR) is 47.0 cm³/mol. The van der Waals surface area contributed by atoms with Crippen LogP contribution < -0.4 is 10.2 Å². The van der Waals surface area contributed by atoms with Crippen LogP contribution in [0.3, 0.4) is 0 Å². The quantitative estimate of drug-likeness (QED) is 0.644. The fourth-order valence-corrected chi connectivity index (χ4v) is 1.40. The molecule has 0 aliphatic carbocycles. The van der Waals surface area contributed by atoms with Crippen LogP contribution in [0.5, 0.6) is 0 Å². The first kappa shape index (κ1) is 8.04. The summed E-state index contributed by atoms with van der Waals surface area (Å²) in [6.45, 7) is 0.471. The number of carbonyl (C=O) groups excluding carboxylic acids is 1. The molecular formula is C9H9FN2O. The Bertz CT molecular complexity index is 365. The van der Waals surface area contributed by atoms with E-state index in [1.165, 1.54) is 17.0 Å². The molecule has 0 bridgehead atoms. The Morgan fingerprint density at radius 3 is 3.08 bits per heavy atom. The van der Waals surface area contributed by atoms with Crippen molar-refractivity contribution in [3.8, 4) is 0 Å². The average Bonchev–Trinajstić information content (AvgIpc) is 2.12. The molecule has 1 N–H and O–H groups in total. The van der Waals surface area contributed by atoms with E-state index in [9.17, 15) is 9.18 Å². The zero-order valence-corrected chi connectivity index (χ0v) is 7.17. The first-order valence-electron chi connectivity index (χ1n) is 3.98. The minimum absolute atomic E-state index is 0.196. The van der Waals surface area contributed by atoms with Crippen molar-refractivity contribution in [2.75, 3.05) is 11.9 Å². The molecule has 0 saturated carbocycles. The van der Waals surface area contributed by atoms with Gasteiger partial charge in [-0.25, -0.2) is 9.18 Å². The number of amides is 2. The molecule has 0 atom stereocenters. The van der Waals surface area contributed by atoms with Crippen LogP contribution in [0.2, 0.25) is 0 Å². The Hall–Kier alpha value is -1.58. The molecule has 13 heavy (non-hydrogen) atoms. The van der Waals surface area contributed by atoms with Gasteiger partial charge in [0, 0.05) is 13.6 Å². The normalized spacial score (nSPS) is 15.2. The first-order valence-corrected chi connectivity index (χ1v) is 3.98. The second-order valence-corrected chi connectivity index (χ2v) is 2.99. The molecule has 1 aromatic carbocycles. The Balaban J connectivity index is 2.51. The van der Waals surface area contributed by atoms with Gasteiger partial charge in [0.1, 0.15) is 5.82 Å². The summed E-state index contributed by atoms with van der Waals surface area (Å²) in [5.41, 5.74) is 1.58. The average molecular weight is 180 g/mol. The summed E-state index contributed by atoms with van der Waals surface area (Å²) in [6.07, 6.45) is 0. The van der Waals surface area contributed by atoms with Crippen molar-refractivity contribution < 1.29 is 9.18 Å². The Morgan fingerprint density at radius 1 is 1.54 bits per heavy atom. The zero-order valence-electron chi connectivity index (χ0n) is 7.17. The first-order chi connectivity index (χ1) is 6.18. The SMILES string of the molecule is CN1C(=O)NCc2ccc(F)cc21. The molecule has 0 aromatic heterocycles. The number of carbonyl (C=O) groups is 1. The third kappa shape index (κ3) is 1.24. The number of urea groups is 1. The van der Waals surface area contributed by atoms with Crippen LogP contribution >= 0.6 is 0 Å². The minimum atomic E-state index is -0.319. The van der Waals surface area contributed by atoms with E-state index in [2.05, 4.69) is 5.32 Å². The highest BCUT2D eigenvalue weighted by Gasteiger charge is 2.19. The summed E-state index contributed by atoms with van der Waals surface area (Å²) >= 11 is 0. The molecule has 2 amide bonds. The number of nitrogens with one attached hydrogen (secondary N) is 1. The van der Waals surface area contributed by atoms with Crippen LogP contribution in [0.4, 0.5) is 14.9 Å². The standard InChI is InChI=1S/C9H9FN2O/c1-12-8-4-7(10)3-2-6(8)5-11-9(12)13/h2-4H,5H2,1H3,(H,11,13). The summed E-state index contributed by atoms with van der Waals surface area (Å²) in [7, 11) is 1.62. The maximum absolute atomic E-state index is 12.8. The molecule has 0 saturated heterocycles. The third-order valence-corrected chi connectivity index (χ3v) is 2.14. The number of hydrogen-bond acceptors (Lipinski definition) is 1. The summed E-state index contributed by atoms with van der Waals surface area (Å²) in [4.78, 5) is 12.6. The highest BCUT2D eigenvalue weighted by Crippen LogP contribution is 2.23. The Morgan fingerprint density at radius 2 is 2.31 bits per heavy atom. The number of rotatable bonds is 0. The highest BCUT2D eigenvalue weighted by atomic mass is 19.1. The monoisotopic (exact) mass is 180 g/mol. The molecule has 0 spiro atoms. The van der Waals surface area contributed by atoms with Crippen LogP contribution in [0.25, 0.3) is 0 Å². The van der Waals surface area contributed by atoms with Crippen LogP contribution in [0, 0.1) is 5.82 Å². The number of fused-ring (bicyclic) bond motifs is 1. The third-order valence-electron chi connectivity index (χ3n) is 2.14. The van der Waals surface area contributed by atoms with E-state index in [4.69, 9.17) is 0 Å². The summed E-state index contributed by atoms with van der Waals surface area (Å²) < 4.78 is 12.8. The van der Waals surface area contributed by atoms with E-state index in [1.54, 1.807) is 13.1 Å². The van der Waals surface area contributed by atoms with Crippen LogP contribution in [0.15, 0.2) is 18.2 Å². The summed E-state index contributed by atoms with van der Waals surface area (Å²) in [6, 6.07) is 4.25. The van der Waals surface area contributed by atoms with Gasteiger partial charge in [0.15, 0.2) is 0 Å². The predicted octanol–water partition coefficient (Wildman–Crippen LogP) is 1.49. The fourth-order valence-electron chi connectivity index (χ4n) is 1.40. The largest absolute Gasteiger partial charge is 0.334 e. The van der Waals surface area contributed by atoms with Gasteiger partial charge in [-0.05, 0) is 17.7 Å². The molecule has 1 aromatic rings. The topological polar surface area (TPSA) is 32.3 Å². The fraction of sp³-hybridized carbons (Fsp3) is 0.222. The van der Waals surface area contributed by atoms with Crippen LogP contribution in [-0.2, 0) is 6.54 Å². The maximum atomic E-state index is 12.8. The number of nitrogens with zero attached hydrogens (tertiary/aromatic N) is 1. The zero-order chi connectivity index (χ0) is 9.42. The second kappa shape index (κ2) is 2.73. The summed E-state index contributed by atoms with van der Waals surface area (Å²) in [5, 5.41) is 2.67. The van der Waals surface area contributed by atoms with Gasteiger partial charge >= 0.3 is 6.03 Å². The summed E-state index contributed by atoms with van der Waals surface area (Å²) in [5.74, 6) is -0.319. The van der Waals surface area contributed by atoms with E-state index in [0.717, 1.165) is 5.56 Å². The Labute approximate surface area is 75.2 Å². The highest BCUT2D eigenvalue weighted by molar-refractivity contribution is 5.94. The van der Waals surface area contributed by atoms with Crippen molar-refractivity contribution in [2.45, 2.75) is 6.54 Å². The van der Waals surface area contributed by atoms with Crippen LogP contribution in [0.1, 0.15) is 5.56 Å². The van der Waals surface area contributed by atoms with Gasteiger partial charge in [-0.15, -0.1) is 0 Å². The van der Waals surface area contributed by atoms with E-state index < -0.39 is 0 Å². The molecule has 0 radical (unpaired) electrons. The van der Waals surface area contributed by atoms with Crippen molar-refractivity contribution in [2.24, 2.45) is 0 Å². The van der Waals surface area contributed by atoms with Crippen molar-refractivity contribution in [3.05, 3.63) is 29.6 Å². The van der Waals surface area contributed by atoms with Gasteiger partial charge in [-0.2, -0.15) is 0 Å². The molecule has 2 rings (SSSR count). The smallest absolute Gasteiger partial charge is 0.321 e. The molecule has 1 aliphatic heterocycles. The second-order valence-electron chi connectivity index (χ2n) is 2.99. The number of halogens is 1. The molecule has 0 fully saturated rings. The van der Waals surface area contributed by atoms with Crippen molar-refractivity contribution >= 4 is 11.7 Å². The van der Waals surface area contributed by atoms with Crippen molar-refractivity contribution in [3.63, 3.8) is 0 Å². The minimum Gasteiger partial charge on any atom is -0.334 e. The molecular weight excluding hydrogens is 171 g/mol. The van der Waals surface area contributed by atoms with Gasteiger partial charge in [0.05, 0.1) is 5.69 Å². The van der Waals surface area contributed by atoms with Crippen molar-refractivity contribution in [1.82, 2.24) is 5.32 Å². The molecule has 0 unspecified atom stereocenters. The van der Waals surface area contributed by atoms with E-state index in [0.29, 0.717) is 12.2 Å². The van der Waals surface area contributed by atoms with E-state index in [-0.39, 0.29) is 11.8 Å². The Kier molecular flexibility index (Phi) is 1.69. The van der Waals surface area contributed by atoms with Gasteiger partial charge in [0.2, 0.25) is 0 Å². The molecule has 68 valence electrons. The number of hydrogen-bond donors (Lipinski definition) is 1. The molecule has 1 aliphatic rings. The lowest BCUT2D eigenvalue weighted by Gasteiger charge is -2.26. The van der Waals surface area contributed by atoms with Gasteiger partial charge in [-0.1, -0.05) is 6.07 Å². The lowest BCUT2D eigenvalue weighted by atomic mass is 10.1. The van der Waals surface area contributed by atoms with Crippen LogP contribution in [-0.4, -0.2) is 13.1 Å². The van der Waals surface area contributed by atoms with E-state index in [1.807, 2.05) is 0 Å². The van der Waals surface area contributed by atoms with Gasteiger partial charge in [0.25, 0.3) is 0 Å². The van der Waals surface area contributed by atoms with Gasteiger partial charge in [-0.3, -0.25) is 4.90 Å². The molecule has 4 heteroatoms. The number of benzene rings is 1. The number of anilines is 1. The van der Waals surface area contributed by atoms with Gasteiger partial charge < -0.3 is 5.32 Å². The van der Waals surface area contributed by atoms with Crippen molar-refractivity contribution in [1.29, 1.82) is 0 Å². The molecule has 1 heterocycles.